The van der Waals surface area contributed by atoms with E-state index in [0.29, 0.717) is 11.3 Å². The van der Waals surface area contributed by atoms with Crippen LogP contribution in [0.1, 0.15) is 11.1 Å². The van der Waals surface area contributed by atoms with Gasteiger partial charge < -0.3 is 4.40 Å². The van der Waals surface area contributed by atoms with E-state index in [1.807, 2.05) is 32.2 Å². The van der Waals surface area contributed by atoms with E-state index in [4.69, 9.17) is 11.6 Å². The number of aromatic nitrogens is 3. The Balaban J connectivity index is 1.90. The van der Waals surface area contributed by atoms with Crippen molar-refractivity contribution >= 4 is 17.2 Å². The van der Waals surface area contributed by atoms with Crippen LogP contribution in [0.25, 0.3) is 22.6 Å². The van der Waals surface area contributed by atoms with Gasteiger partial charge in [0.15, 0.2) is 0 Å². The van der Waals surface area contributed by atoms with Gasteiger partial charge >= 0.3 is 0 Å². The van der Waals surface area contributed by atoms with E-state index in [-0.39, 0.29) is 10.6 Å². The van der Waals surface area contributed by atoms with Crippen LogP contribution < -0.4 is 5.56 Å². The molecule has 6 heteroatoms. The Labute approximate surface area is 154 Å². The average molecular weight is 368 g/mol. The minimum Gasteiger partial charge on any atom is -0.300 e. The molecule has 26 heavy (non-hydrogen) atoms. The highest BCUT2D eigenvalue weighted by atomic mass is 35.5. The van der Waals surface area contributed by atoms with E-state index >= 15 is 0 Å². The normalized spacial score (nSPS) is 11.2. The number of aryl methyl sites for hydroxylation is 2. The van der Waals surface area contributed by atoms with E-state index in [1.54, 1.807) is 16.8 Å². The van der Waals surface area contributed by atoms with Crippen LogP contribution >= 0.6 is 11.6 Å². The molecule has 0 aliphatic carbocycles. The number of rotatable bonds is 2. The third-order valence-electron chi connectivity index (χ3n) is 4.37. The third kappa shape index (κ3) is 2.70. The van der Waals surface area contributed by atoms with Gasteiger partial charge in [0.05, 0.1) is 16.4 Å². The van der Waals surface area contributed by atoms with Crippen molar-refractivity contribution in [3.05, 3.63) is 87.3 Å². The summed E-state index contributed by atoms with van der Waals surface area (Å²) in [6, 6.07) is 10.3. The lowest BCUT2D eigenvalue weighted by Gasteiger charge is -2.06. The summed E-state index contributed by atoms with van der Waals surface area (Å²) in [5.74, 6) is -0.525. The van der Waals surface area contributed by atoms with Gasteiger partial charge in [-0.1, -0.05) is 29.3 Å². The summed E-state index contributed by atoms with van der Waals surface area (Å²) in [6.07, 6.45) is 5.20. The number of fused-ring (bicyclic) bond motifs is 1. The summed E-state index contributed by atoms with van der Waals surface area (Å²) >= 11 is 5.84. The Bertz CT molecular complexity index is 1210. The van der Waals surface area contributed by atoms with E-state index in [1.165, 1.54) is 22.8 Å². The van der Waals surface area contributed by atoms with Gasteiger partial charge in [-0.2, -0.15) is 0 Å². The maximum Gasteiger partial charge on any atom is 0.298 e. The van der Waals surface area contributed by atoms with Crippen molar-refractivity contribution in [2.75, 3.05) is 0 Å². The van der Waals surface area contributed by atoms with Crippen LogP contribution in [0.3, 0.4) is 0 Å². The summed E-state index contributed by atoms with van der Waals surface area (Å²) in [5.41, 5.74) is 4.42. The molecule has 0 fully saturated rings. The van der Waals surface area contributed by atoms with Crippen LogP contribution in [-0.2, 0) is 0 Å². The SMILES string of the molecule is Cc1ccc(C)c(-c2cn3ccn(-c4ccc(F)c(Cl)c4)c(=O)c3n2)c1. The number of hydrogen-bond acceptors (Lipinski definition) is 2. The molecule has 0 bridgehead atoms. The Morgan fingerprint density at radius 1 is 1.08 bits per heavy atom. The molecule has 0 atom stereocenters. The number of benzene rings is 2. The quantitative estimate of drug-likeness (QED) is 0.521. The minimum absolute atomic E-state index is 0.0336. The van der Waals surface area contributed by atoms with Gasteiger partial charge in [-0.05, 0) is 43.7 Å². The lowest BCUT2D eigenvalue weighted by molar-refractivity contribution is 0.627. The highest BCUT2D eigenvalue weighted by Gasteiger charge is 2.12. The molecular weight excluding hydrogens is 353 g/mol. The minimum atomic E-state index is -0.525. The molecule has 2 heterocycles. The molecule has 0 amide bonds. The second-order valence-electron chi connectivity index (χ2n) is 6.25. The summed E-state index contributed by atoms with van der Waals surface area (Å²) < 4.78 is 16.5. The first-order chi connectivity index (χ1) is 12.4. The zero-order valence-electron chi connectivity index (χ0n) is 14.2. The van der Waals surface area contributed by atoms with Gasteiger partial charge in [-0.3, -0.25) is 9.36 Å². The van der Waals surface area contributed by atoms with Crippen LogP contribution in [0.4, 0.5) is 4.39 Å². The zero-order valence-corrected chi connectivity index (χ0v) is 15.0. The topological polar surface area (TPSA) is 39.3 Å². The smallest absolute Gasteiger partial charge is 0.298 e. The van der Waals surface area contributed by atoms with Gasteiger partial charge in [0.2, 0.25) is 5.65 Å². The van der Waals surface area contributed by atoms with E-state index < -0.39 is 5.82 Å². The van der Waals surface area contributed by atoms with Crippen molar-refractivity contribution in [2.24, 2.45) is 0 Å². The van der Waals surface area contributed by atoms with Gasteiger partial charge in [0, 0.05) is 24.2 Å². The Morgan fingerprint density at radius 3 is 2.65 bits per heavy atom. The second kappa shape index (κ2) is 6.11. The van der Waals surface area contributed by atoms with Crippen molar-refractivity contribution in [3.8, 4) is 16.9 Å². The molecular formula is C20H15ClFN3O. The fraction of sp³-hybridized carbons (Fsp3) is 0.100. The van der Waals surface area contributed by atoms with Crippen molar-refractivity contribution < 1.29 is 4.39 Å². The third-order valence-corrected chi connectivity index (χ3v) is 4.66. The average Bonchev–Trinajstić information content (AvgIpc) is 3.05. The summed E-state index contributed by atoms with van der Waals surface area (Å²) in [5, 5.41) is -0.0336. The van der Waals surface area contributed by atoms with Gasteiger partial charge in [0.25, 0.3) is 5.56 Å². The number of halogens is 2. The standard InChI is InChI=1S/C20H15ClFN3O/c1-12-3-4-13(2)15(9-12)18-11-24-7-8-25(20(26)19(24)23-18)14-5-6-17(22)16(21)10-14/h3-11H,1-2H3. The predicted molar refractivity (Wildman–Crippen MR) is 101 cm³/mol. The maximum absolute atomic E-state index is 13.4. The number of imidazole rings is 1. The van der Waals surface area contributed by atoms with Crippen molar-refractivity contribution in [3.63, 3.8) is 0 Å². The first-order valence-corrected chi connectivity index (χ1v) is 8.45. The molecule has 4 nitrogen and oxygen atoms in total. The van der Waals surface area contributed by atoms with Crippen LogP contribution in [0.2, 0.25) is 5.02 Å². The molecule has 0 radical (unpaired) electrons. The fourth-order valence-corrected chi connectivity index (χ4v) is 3.13. The van der Waals surface area contributed by atoms with Gasteiger partial charge in [-0.25, -0.2) is 9.37 Å². The molecule has 0 saturated carbocycles. The second-order valence-corrected chi connectivity index (χ2v) is 6.65. The molecule has 130 valence electrons. The lowest BCUT2D eigenvalue weighted by Crippen LogP contribution is -2.20. The van der Waals surface area contributed by atoms with Crippen molar-refractivity contribution in [2.45, 2.75) is 13.8 Å². The molecule has 0 aliphatic heterocycles. The fourth-order valence-electron chi connectivity index (χ4n) is 2.96. The summed E-state index contributed by atoms with van der Waals surface area (Å²) in [6.45, 7) is 4.03. The van der Waals surface area contributed by atoms with E-state index in [2.05, 4.69) is 11.1 Å². The zero-order chi connectivity index (χ0) is 18.4. The molecule has 0 unspecified atom stereocenters. The molecule has 2 aromatic carbocycles. The van der Waals surface area contributed by atoms with Crippen molar-refractivity contribution in [1.82, 2.24) is 14.0 Å². The molecule has 4 rings (SSSR count). The maximum atomic E-state index is 13.4. The van der Waals surface area contributed by atoms with E-state index in [0.717, 1.165) is 22.4 Å². The Hall–Kier alpha value is -2.92. The number of hydrogen-bond donors (Lipinski definition) is 0. The molecule has 0 N–H and O–H groups in total. The monoisotopic (exact) mass is 367 g/mol. The Kier molecular flexibility index (Phi) is 3.89. The lowest BCUT2D eigenvalue weighted by atomic mass is 10.0. The number of nitrogens with zero attached hydrogens (tertiary/aromatic N) is 3. The molecule has 0 spiro atoms. The predicted octanol–water partition coefficient (Wildman–Crippen LogP) is 4.56. The highest BCUT2D eigenvalue weighted by Crippen LogP contribution is 2.24. The highest BCUT2D eigenvalue weighted by molar-refractivity contribution is 6.30. The van der Waals surface area contributed by atoms with Crippen LogP contribution in [-0.4, -0.2) is 14.0 Å². The van der Waals surface area contributed by atoms with E-state index in [9.17, 15) is 9.18 Å². The van der Waals surface area contributed by atoms with Crippen LogP contribution in [0, 0.1) is 19.7 Å². The van der Waals surface area contributed by atoms with Crippen LogP contribution in [0.15, 0.2) is 59.8 Å². The molecule has 0 saturated heterocycles. The molecule has 4 aromatic rings. The molecule has 0 aliphatic rings. The van der Waals surface area contributed by atoms with Crippen molar-refractivity contribution in [1.29, 1.82) is 0 Å². The molecule has 2 aromatic heterocycles. The van der Waals surface area contributed by atoms with Crippen LogP contribution in [0.5, 0.6) is 0 Å². The first-order valence-electron chi connectivity index (χ1n) is 8.07. The van der Waals surface area contributed by atoms with Gasteiger partial charge in [-0.15, -0.1) is 0 Å². The first kappa shape index (κ1) is 16.5. The Morgan fingerprint density at radius 2 is 1.88 bits per heavy atom. The summed E-state index contributed by atoms with van der Waals surface area (Å²) in [7, 11) is 0. The summed E-state index contributed by atoms with van der Waals surface area (Å²) in [4.78, 5) is 17.4. The van der Waals surface area contributed by atoms with Gasteiger partial charge in [0.1, 0.15) is 5.82 Å². The largest absolute Gasteiger partial charge is 0.300 e.